The van der Waals surface area contributed by atoms with Crippen molar-refractivity contribution in [3.8, 4) is 11.5 Å². The van der Waals surface area contributed by atoms with E-state index in [1.165, 1.54) is 6.07 Å². The van der Waals surface area contributed by atoms with Gasteiger partial charge in [-0.3, -0.25) is 0 Å². The van der Waals surface area contributed by atoms with E-state index in [0.717, 1.165) is 0 Å². The lowest BCUT2D eigenvalue weighted by molar-refractivity contribution is 0.379. The molecule has 0 radical (unpaired) electrons. The van der Waals surface area contributed by atoms with Crippen molar-refractivity contribution in [1.29, 1.82) is 0 Å². The van der Waals surface area contributed by atoms with Gasteiger partial charge in [0.2, 0.25) is 0 Å². The van der Waals surface area contributed by atoms with Gasteiger partial charge in [-0.1, -0.05) is 6.92 Å². The molecule has 15 heavy (non-hydrogen) atoms. The first kappa shape index (κ1) is 9.91. The highest BCUT2D eigenvalue weighted by atomic mass is 32.3. The van der Waals surface area contributed by atoms with E-state index >= 15 is 0 Å². The number of anilines is 2. The summed E-state index contributed by atoms with van der Waals surface area (Å²) >= 11 is 0. The summed E-state index contributed by atoms with van der Waals surface area (Å²) in [5.74, 6) is 0.102. The predicted octanol–water partition coefficient (Wildman–Crippen LogP) is 0.429. The Morgan fingerprint density at radius 2 is 2.00 bits per heavy atom. The van der Waals surface area contributed by atoms with Gasteiger partial charge in [-0.2, -0.15) is 0 Å². The van der Waals surface area contributed by atoms with Gasteiger partial charge in [0, 0.05) is 17.3 Å². The molecule has 1 aliphatic heterocycles. The van der Waals surface area contributed by atoms with E-state index in [4.69, 9.17) is 11.5 Å². The van der Waals surface area contributed by atoms with E-state index in [0.29, 0.717) is 17.7 Å². The van der Waals surface area contributed by atoms with Crippen molar-refractivity contribution in [2.45, 2.75) is 13.3 Å². The minimum atomic E-state index is -4.04. The maximum atomic E-state index is 11.1. The smallest absolute Gasteiger partial charge is 0.398 e. The number of nitrogens with two attached hydrogens (primary N) is 2. The Balaban J connectivity index is 2.73. The second-order valence-electron chi connectivity index (χ2n) is 3.11. The zero-order valence-electron chi connectivity index (χ0n) is 7.98. The Hall–Kier alpha value is -1.63. The SMILES string of the molecule is CCc1c(N)cc2c(N)c1OS(=O)(=O)O2. The highest BCUT2D eigenvalue weighted by molar-refractivity contribution is 7.82. The molecule has 1 aromatic carbocycles. The summed E-state index contributed by atoms with van der Waals surface area (Å²) < 4.78 is 31.5. The van der Waals surface area contributed by atoms with Gasteiger partial charge in [0.05, 0.1) is 0 Å². The molecule has 0 saturated heterocycles. The molecule has 0 spiro atoms. The topological polar surface area (TPSA) is 105 Å². The molecule has 0 aromatic heterocycles. The third-order valence-electron chi connectivity index (χ3n) is 2.15. The van der Waals surface area contributed by atoms with Crippen molar-refractivity contribution in [2.24, 2.45) is 0 Å². The van der Waals surface area contributed by atoms with Crippen LogP contribution in [0.25, 0.3) is 0 Å². The number of rotatable bonds is 1. The zero-order chi connectivity index (χ0) is 11.2. The third kappa shape index (κ3) is 1.44. The molecular formula is C8H10N2O4S. The van der Waals surface area contributed by atoms with Crippen LogP contribution in [0.1, 0.15) is 12.5 Å². The maximum absolute atomic E-state index is 11.1. The van der Waals surface area contributed by atoms with Crippen LogP contribution in [0.15, 0.2) is 6.07 Å². The molecule has 82 valence electrons. The Labute approximate surface area is 87.1 Å². The van der Waals surface area contributed by atoms with Crippen LogP contribution in [-0.2, 0) is 16.8 Å². The van der Waals surface area contributed by atoms with E-state index in [9.17, 15) is 8.42 Å². The summed E-state index contributed by atoms with van der Waals surface area (Å²) in [6.45, 7) is 1.83. The summed E-state index contributed by atoms with van der Waals surface area (Å²) in [6.07, 6.45) is 0.529. The second kappa shape index (κ2) is 2.93. The first-order chi connectivity index (χ1) is 6.94. The average Bonchev–Trinajstić information content (AvgIpc) is 2.10. The first-order valence-corrected chi connectivity index (χ1v) is 5.62. The van der Waals surface area contributed by atoms with Crippen LogP contribution in [0.5, 0.6) is 11.5 Å². The van der Waals surface area contributed by atoms with E-state index in [1.807, 2.05) is 6.92 Å². The molecule has 0 amide bonds. The van der Waals surface area contributed by atoms with E-state index in [1.54, 1.807) is 0 Å². The van der Waals surface area contributed by atoms with Gasteiger partial charge >= 0.3 is 10.4 Å². The molecule has 0 unspecified atom stereocenters. The van der Waals surface area contributed by atoms with E-state index in [2.05, 4.69) is 8.37 Å². The van der Waals surface area contributed by atoms with Crippen LogP contribution in [0, 0.1) is 0 Å². The fourth-order valence-corrected chi connectivity index (χ4v) is 2.26. The summed E-state index contributed by atoms with van der Waals surface area (Å²) in [5, 5.41) is 0. The quantitative estimate of drug-likeness (QED) is 0.678. The largest absolute Gasteiger partial charge is 0.501 e. The lowest BCUT2D eigenvalue weighted by Crippen LogP contribution is -2.23. The van der Waals surface area contributed by atoms with Crippen LogP contribution in [0.2, 0.25) is 0 Å². The molecule has 1 aromatic rings. The second-order valence-corrected chi connectivity index (χ2v) is 4.26. The van der Waals surface area contributed by atoms with Crippen LogP contribution in [0.4, 0.5) is 11.4 Å². The van der Waals surface area contributed by atoms with Crippen molar-refractivity contribution in [3.63, 3.8) is 0 Å². The molecule has 0 fully saturated rings. The summed E-state index contributed by atoms with van der Waals surface area (Å²) in [5.41, 5.74) is 12.5. The highest BCUT2D eigenvalue weighted by Crippen LogP contribution is 2.43. The van der Waals surface area contributed by atoms with Gasteiger partial charge < -0.3 is 19.8 Å². The van der Waals surface area contributed by atoms with Gasteiger partial charge in [0.25, 0.3) is 0 Å². The Morgan fingerprint density at radius 1 is 1.33 bits per heavy atom. The van der Waals surface area contributed by atoms with Gasteiger partial charge in [-0.05, 0) is 6.42 Å². The Morgan fingerprint density at radius 3 is 2.60 bits per heavy atom. The molecule has 1 aliphatic rings. The van der Waals surface area contributed by atoms with Crippen molar-refractivity contribution < 1.29 is 16.8 Å². The summed E-state index contributed by atoms with van der Waals surface area (Å²) in [4.78, 5) is 0. The number of hydrogen-bond donors (Lipinski definition) is 2. The highest BCUT2D eigenvalue weighted by Gasteiger charge is 2.30. The number of hydrogen-bond acceptors (Lipinski definition) is 6. The van der Waals surface area contributed by atoms with Gasteiger partial charge in [-0.25, -0.2) is 0 Å². The first-order valence-electron chi connectivity index (χ1n) is 4.29. The van der Waals surface area contributed by atoms with E-state index < -0.39 is 10.4 Å². The maximum Gasteiger partial charge on any atom is 0.501 e. The van der Waals surface area contributed by atoms with Crippen LogP contribution in [-0.4, -0.2) is 8.42 Å². The van der Waals surface area contributed by atoms with Crippen LogP contribution < -0.4 is 19.8 Å². The zero-order valence-corrected chi connectivity index (χ0v) is 8.80. The lowest BCUT2D eigenvalue weighted by atomic mass is 10.1. The molecule has 1 heterocycles. The van der Waals surface area contributed by atoms with Crippen molar-refractivity contribution in [3.05, 3.63) is 11.6 Å². The third-order valence-corrected chi connectivity index (χ3v) is 2.90. The lowest BCUT2D eigenvalue weighted by Gasteiger charge is -2.21. The van der Waals surface area contributed by atoms with Gasteiger partial charge in [0.1, 0.15) is 5.69 Å². The van der Waals surface area contributed by atoms with Crippen molar-refractivity contribution in [2.75, 3.05) is 11.5 Å². The minimum Gasteiger partial charge on any atom is -0.398 e. The molecule has 0 aliphatic carbocycles. The molecule has 6 nitrogen and oxygen atoms in total. The van der Waals surface area contributed by atoms with Crippen molar-refractivity contribution >= 4 is 21.8 Å². The molecular weight excluding hydrogens is 220 g/mol. The summed E-state index contributed by atoms with van der Waals surface area (Å²) in [7, 11) is -4.04. The number of benzene rings is 1. The van der Waals surface area contributed by atoms with Gasteiger partial charge in [0.15, 0.2) is 11.5 Å². The van der Waals surface area contributed by atoms with Crippen molar-refractivity contribution in [1.82, 2.24) is 0 Å². The fourth-order valence-electron chi connectivity index (χ4n) is 1.47. The molecule has 2 rings (SSSR count). The normalized spacial score (nSPS) is 16.6. The minimum absolute atomic E-state index is 0.0194. The predicted molar refractivity (Wildman–Crippen MR) is 54.8 cm³/mol. The van der Waals surface area contributed by atoms with E-state index in [-0.39, 0.29) is 17.2 Å². The standard InChI is InChI=1S/C8H10N2O4S/c1-2-4-5(9)3-6-7(10)8(4)14-15(11,12)13-6/h3H,2,9-10H2,1H3. The van der Waals surface area contributed by atoms with Crippen LogP contribution in [0.3, 0.4) is 0 Å². The molecule has 7 heteroatoms. The van der Waals surface area contributed by atoms with Gasteiger partial charge in [-0.15, -0.1) is 8.42 Å². The molecule has 2 bridgehead atoms. The molecule has 0 saturated carbocycles. The Kier molecular flexibility index (Phi) is 1.93. The number of nitrogen functional groups attached to an aromatic ring is 2. The monoisotopic (exact) mass is 230 g/mol. The number of fused-ring (bicyclic) bond motifs is 2. The Bertz CT molecular complexity index is 524. The average molecular weight is 230 g/mol. The van der Waals surface area contributed by atoms with Crippen LogP contribution >= 0.6 is 0 Å². The summed E-state index contributed by atoms with van der Waals surface area (Å²) in [6, 6.07) is 1.39. The molecule has 0 atom stereocenters. The molecule has 4 N–H and O–H groups in total. The fraction of sp³-hybridized carbons (Fsp3) is 0.250.